The normalized spacial score (nSPS) is 12.1. The number of ether oxygens (including phenoxy) is 8. The summed E-state index contributed by atoms with van der Waals surface area (Å²) in [5.41, 5.74) is 1.40. The van der Waals surface area contributed by atoms with Gasteiger partial charge in [-0.05, 0) is 48.0 Å². The Hall–Kier alpha value is -4.86. The van der Waals surface area contributed by atoms with E-state index in [1.807, 2.05) is 18.2 Å². The molecule has 0 aromatic heterocycles. The number of benzene rings is 3. The summed E-state index contributed by atoms with van der Waals surface area (Å²) >= 11 is 0. The van der Waals surface area contributed by atoms with E-state index in [9.17, 15) is 9.59 Å². The zero-order valence-corrected chi connectivity index (χ0v) is 24.6. The molecule has 0 unspecified atom stereocenters. The Morgan fingerprint density at radius 1 is 0.714 bits per heavy atom. The standard InChI is InChI=1S/C32H36O10/c1-21(33)40-18-17-28(41-26-10-8-7-9-24(26)35-2)32(23-13-15-25(36-3)30(20-23)38-5)42-27-14-11-22(19-29(27)37-4)12-16-31(34)39-6/h7-16,19-20,28,32H,17-18H2,1-6H3/b16-12+/t28-,32+/m0/s1. The van der Waals surface area contributed by atoms with Crippen LogP contribution in [0.15, 0.2) is 66.7 Å². The lowest BCUT2D eigenvalue weighted by molar-refractivity contribution is -0.142. The largest absolute Gasteiger partial charge is 0.493 e. The van der Waals surface area contributed by atoms with Gasteiger partial charge in [-0.3, -0.25) is 4.79 Å². The van der Waals surface area contributed by atoms with Crippen LogP contribution < -0.4 is 28.4 Å². The smallest absolute Gasteiger partial charge is 0.330 e. The van der Waals surface area contributed by atoms with Crippen molar-refractivity contribution in [2.24, 2.45) is 0 Å². The molecule has 10 nitrogen and oxygen atoms in total. The van der Waals surface area contributed by atoms with Gasteiger partial charge in [0.2, 0.25) is 0 Å². The number of rotatable bonds is 15. The van der Waals surface area contributed by atoms with E-state index in [2.05, 4.69) is 4.74 Å². The van der Waals surface area contributed by atoms with Gasteiger partial charge in [-0.1, -0.05) is 24.3 Å². The van der Waals surface area contributed by atoms with Crippen molar-refractivity contribution in [3.63, 3.8) is 0 Å². The third-order valence-electron chi connectivity index (χ3n) is 6.18. The first-order valence-corrected chi connectivity index (χ1v) is 13.1. The lowest BCUT2D eigenvalue weighted by atomic mass is 10.0. The highest BCUT2D eigenvalue weighted by atomic mass is 16.6. The van der Waals surface area contributed by atoms with Crippen molar-refractivity contribution in [3.8, 4) is 34.5 Å². The van der Waals surface area contributed by atoms with Gasteiger partial charge in [-0.15, -0.1) is 0 Å². The van der Waals surface area contributed by atoms with Crippen molar-refractivity contribution in [1.29, 1.82) is 0 Å². The van der Waals surface area contributed by atoms with Gasteiger partial charge in [0, 0.05) is 25.0 Å². The van der Waals surface area contributed by atoms with Crippen LogP contribution in [0.1, 0.15) is 30.6 Å². The Kier molecular flexibility index (Phi) is 11.9. The Morgan fingerprint density at radius 2 is 1.31 bits per heavy atom. The fourth-order valence-electron chi connectivity index (χ4n) is 4.11. The van der Waals surface area contributed by atoms with Crippen molar-refractivity contribution in [1.82, 2.24) is 0 Å². The predicted molar refractivity (Wildman–Crippen MR) is 156 cm³/mol. The summed E-state index contributed by atoms with van der Waals surface area (Å²) in [7, 11) is 7.48. The molecule has 0 saturated carbocycles. The summed E-state index contributed by atoms with van der Waals surface area (Å²) in [5, 5.41) is 0. The fraction of sp³-hybridized carbons (Fsp3) is 0.312. The Labute approximate surface area is 245 Å². The maximum Gasteiger partial charge on any atom is 0.330 e. The molecule has 42 heavy (non-hydrogen) atoms. The van der Waals surface area contributed by atoms with Crippen molar-refractivity contribution in [2.45, 2.75) is 25.6 Å². The van der Waals surface area contributed by atoms with Gasteiger partial charge in [0.15, 0.2) is 40.6 Å². The van der Waals surface area contributed by atoms with Crippen molar-refractivity contribution in [2.75, 3.05) is 42.2 Å². The third kappa shape index (κ3) is 8.57. The third-order valence-corrected chi connectivity index (χ3v) is 6.18. The summed E-state index contributed by atoms with van der Waals surface area (Å²) in [6.45, 7) is 1.43. The molecule has 0 N–H and O–H groups in total. The van der Waals surface area contributed by atoms with Crippen LogP contribution in [0.5, 0.6) is 34.5 Å². The molecular formula is C32H36O10. The molecule has 224 valence electrons. The van der Waals surface area contributed by atoms with Gasteiger partial charge in [0.1, 0.15) is 6.10 Å². The van der Waals surface area contributed by atoms with Crippen LogP contribution in [0.4, 0.5) is 0 Å². The number of methoxy groups -OCH3 is 5. The summed E-state index contributed by atoms with van der Waals surface area (Å²) in [5.74, 6) is 1.99. The molecule has 0 bridgehead atoms. The number of hydrogen-bond donors (Lipinski definition) is 0. The maximum atomic E-state index is 11.6. The van der Waals surface area contributed by atoms with Gasteiger partial charge in [-0.2, -0.15) is 0 Å². The van der Waals surface area contributed by atoms with Gasteiger partial charge in [0.25, 0.3) is 0 Å². The topological polar surface area (TPSA) is 108 Å². The highest BCUT2D eigenvalue weighted by Crippen LogP contribution is 2.39. The Morgan fingerprint density at radius 3 is 1.95 bits per heavy atom. The van der Waals surface area contributed by atoms with E-state index in [1.54, 1.807) is 69.9 Å². The minimum absolute atomic E-state index is 0.0801. The van der Waals surface area contributed by atoms with E-state index in [1.165, 1.54) is 27.2 Å². The van der Waals surface area contributed by atoms with Crippen LogP contribution in [-0.2, 0) is 19.1 Å². The molecule has 0 spiro atoms. The average molecular weight is 581 g/mol. The van der Waals surface area contributed by atoms with Crippen LogP contribution in [0.25, 0.3) is 6.08 Å². The second-order valence-corrected chi connectivity index (χ2v) is 8.86. The first-order valence-electron chi connectivity index (χ1n) is 13.1. The lowest BCUT2D eigenvalue weighted by Crippen LogP contribution is -2.31. The van der Waals surface area contributed by atoms with Gasteiger partial charge < -0.3 is 37.9 Å². The van der Waals surface area contributed by atoms with Crippen LogP contribution in [0.3, 0.4) is 0 Å². The second-order valence-electron chi connectivity index (χ2n) is 8.86. The molecule has 0 radical (unpaired) electrons. The molecule has 0 aliphatic heterocycles. The molecule has 0 saturated heterocycles. The summed E-state index contributed by atoms with van der Waals surface area (Å²) in [4.78, 5) is 23.2. The van der Waals surface area contributed by atoms with E-state index < -0.39 is 24.1 Å². The monoisotopic (exact) mass is 580 g/mol. The first-order chi connectivity index (χ1) is 20.3. The zero-order chi connectivity index (χ0) is 30.5. The number of hydrogen-bond acceptors (Lipinski definition) is 10. The van der Waals surface area contributed by atoms with E-state index in [4.69, 9.17) is 33.2 Å². The molecule has 3 aromatic rings. The second kappa shape index (κ2) is 15.8. The van der Waals surface area contributed by atoms with Gasteiger partial charge in [0.05, 0.1) is 42.2 Å². The molecule has 3 rings (SSSR count). The van der Waals surface area contributed by atoms with Gasteiger partial charge >= 0.3 is 11.9 Å². The average Bonchev–Trinajstić information content (AvgIpc) is 3.01. The molecule has 0 aliphatic rings. The molecule has 0 amide bonds. The highest BCUT2D eigenvalue weighted by molar-refractivity contribution is 5.87. The highest BCUT2D eigenvalue weighted by Gasteiger charge is 2.30. The van der Waals surface area contributed by atoms with Crippen molar-refractivity contribution < 1.29 is 47.5 Å². The Bertz CT molecular complexity index is 1370. The molecule has 0 fully saturated rings. The fourth-order valence-corrected chi connectivity index (χ4v) is 4.11. The molecule has 10 heteroatoms. The van der Waals surface area contributed by atoms with Gasteiger partial charge in [-0.25, -0.2) is 4.79 Å². The SMILES string of the molecule is COC(=O)/C=C/c1ccc(O[C@H](c2ccc(OC)c(OC)c2)[C@H](CCOC(C)=O)Oc2ccccc2OC)c(OC)c1. The zero-order valence-electron chi connectivity index (χ0n) is 24.6. The van der Waals surface area contributed by atoms with Crippen LogP contribution >= 0.6 is 0 Å². The van der Waals surface area contributed by atoms with Crippen LogP contribution in [-0.4, -0.2) is 60.2 Å². The first kappa shape index (κ1) is 31.7. The number of carbonyl (C=O) groups is 2. The predicted octanol–water partition coefficient (Wildman–Crippen LogP) is 5.43. The number of esters is 2. The molecule has 3 aromatic carbocycles. The van der Waals surface area contributed by atoms with Crippen molar-refractivity contribution in [3.05, 3.63) is 77.9 Å². The summed E-state index contributed by atoms with van der Waals surface area (Å²) in [6, 6.07) is 17.9. The van der Waals surface area contributed by atoms with E-state index >= 15 is 0 Å². The van der Waals surface area contributed by atoms with E-state index in [0.717, 1.165) is 0 Å². The van der Waals surface area contributed by atoms with Crippen LogP contribution in [0, 0.1) is 0 Å². The Balaban J connectivity index is 2.10. The maximum absolute atomic E-state index is 11.6. The molecule has 0 heterocycles. The summed E-state index contributed by atoms with van der Waals surface area (Å²) in [6.07, 6.45) is 1.77. The number of para-hydroxylation sites is 2. The van der Waals surface area contributed by atoms with E-state index in [-0.39, 0.29) is 13.0 Å². The van der Waals surface area contributed by atoms with Crippen LogP contribution in [0.2, 0.25) is 0 Å². The quantitative estimate of drug-likeness (QED) is 0.171. The molecular weight excluding hydrogens is 544 g/mol. The minimum atomic E-state index is -0.754. The lowest BCUT2D eigenvalue weighted by Gasteiger charge is -2.30. The number of carbonyl (C=O) groups excluding carboxylic acids is 2. The minimum Gasteiger partial charge on any atom is -0.493 e. The molecule has 2 atom stereocenters. The molecule has 0 aliphatic carbocycles. The van der Waals surface area contributed by atoms with E-state index in [0.29, 0.717) is 45.6 Å². The van der Waals surface area contributed by atoms with Crippen molar-refractivity contribution >= 4 is 18.0 Å². The summed E-state index contributed by atoms with van der Waals surface area (Å²) < 4.78 is 45.2.